The zero-order valence-electron chi connectivity index (χ0n) is 9.83. The molecule has 1 aromatic carbocycles. The van der Waals surface area contributed by atoms with Gasteiger partial charge in [0.15, 0.2) is 0 Å². The van der Waals surface area contributed by atoms with Gasteiger partial charge in [-0.1, -0.05) is 12.1 Å². The first-order valence-corrected chi connectivity index (χ1v) is 5.99. The number of hydrogen-bond donors (Lipinski definition) is 0. The standard InChI is InChI=1S/C13H14O5/c14-13(17-8-9-7-16-9)10-3-1-2-4-11(10)18-12-5-6-15-12/h1-4,9,12H,5-8H2. The van der Waals surface area contributed by atoms with E-state index in [9.17, 15) is 4.79 Å². The molecule has 0 aromatic heterocycles. The molecule has 0 bridgehead atoms. The molecule has 2 unspecified atom stereocenters. The van der Waals surface area contributed by atoms with Gasteiger partial charge >= 0.3 is 5.97 Å². The van der Waals surface area contributed by atoms with E-state index < -0.39 is 0 Å². The van der Waals surface area contributed by atoms with Crippen molar-refractivity contribution in [1.29, 1.82) is 0 Å². The van der Waals surface area contributed by atoms with Crippen molar-refractivity contribution in [3.63, 3.8) is 0 Å². The van der Waals surface area contributed by atoms with Gasteiger partial charge in [0.1, 0.15) is 24.0 Å². The molecule has 2 fully saturated rings. The van der Waals surface area contributed by atoms with Crippen molar-refractivity contribution in [3.05, 3.63) is 29.8 Å². The maximum Gasteiger partial charge on any atom is 0.342 e. The second-order valence-corrected chi connectivity index (χ2v) is 4.26. The lowest BCUT2D eigenvalue weighted by Gasteiger charge is -2.27. The second kappa shape index (κ2) is 4.96. The molecular formula is C13H14O5. The quantitative estimate of drug-likeness (QED) is 0.583. The molecule has 2 aliphatic heterocycles. The highest BCUT2D eigenvalue weighted by Gasteiger charge is 2.26. The maximum absolute atomic E-state index is 11.9. The van der Waals surface area contributed by atoms with E-state index in [0.29, 0.717) is 31.1 Å². The van der Waals surface area contributed by atoms with Crippen LogP contribution >= 0.6 is 0 Å². The molecule has 0 aliphatic carbocycles. The Labute approximate surface area is 105 Å². The lowest BCUT2D eigenvalue weighted by Crippen LogP contribution is -2.32. The molecule has 96 valence electrons. The van der Waals surface area contributed by atoms with Gasteiger partial charge in [0.25, 0.3) is 0 Å². The summed E-state index contributed by atoms with van der Waals surface area (Å²) in [4.78, 5) is 11.9. The Hall–Kier alpha value is -1.59. The van der Waals surface area contributed by atoms with Crippen molar-refractivity contribution in [2.75, 3.05) is 19.8 Å². The summed E-state index contributed by atoms with van der Waals surface area (Å²) < 4.78 is 20.9. The molecule has 2 atom stereocenters. The Morgan fingerprint density at radius 2 is 2.11 bits per heavy atom. The number of hydrogen-bond acceptors (Lipinski definition) is 5. The van der Waals surface area contributed by atoms with Crippen LogP contribution < -0.4 is 4.74 Å². The van der Waals surface area contributed by atoms with E-state index in [1.165, 1.54) is 0 Å². The summed E-state index contributed by atoms with van der Waals surface area (Å²) in [6.45, 7) is 1.67. The lowest BCUT2D eigenvalue weighted by atomic mass is 10.2. The summed E-state index contributed by atoms with van der Waals surface area (Å²) in [6.07, 6.45) is 0.668. The topological polar surface area (TPSA) is 57.3 Å². The van der Waals surface area contributed by atoms with Gasteiger partial charge in [-0.05, 0) is 12.1 Å². The van der Waals surface area contributed by atoms with Crippen LogP contribution in [0.4, 0.5) is 0 Å². The van der Waals surface area contributed by atoms with Crippen molar-refractivity contribution in [3.8, 4) is 5.75 Å². The predicted octanol–water partition coefficient (Wildman–Crippen LogP) is 1.37. The summed E-state index contributed by atoms with van der Waals surface area (Å²) in [7, 11) is 0. The molecule has 2 saturated heterocycles. The summed E-state index contributed by atoms with van der Waals surface area (Å²) in [6, 6.07) is 7.02. The van der Waals surface area contributed by atoms with Gasteiger partial charge < -0.3 is 18.9 Å². The van der Waals surface area contributed by atoms with Gasteiger partial charge in [-0.3, -0.25) is 0 Å². The van der Waals surface area contributed by atoms with E-state index in [2.05, 4.69) is 0 Å². The van der Waals surface area contributed by atoms with Crippen molar-refractivity contribution in [1.82, 2.24) is 0 Å². The van der Waals surface area contributed by atoms with Crippen molar-refractivity contribution >= 4 is 5.97 Å². The third-order valence-electron chi connectivity index (χ3n) is 2.83. The number of rotatable bonds is 5. The van der Waals surface area contributed by atoms with Crippen LogP contribution in [-0.4, -0.2) is 38.2 Å². The number of epoxide rings is 1. The minimum Gasteiger partial charge on any atom is -0.464 e. The first-order chi connectivity index (χ1) is 8.83. The average Bonchev–Trinajstić information content (AvgIpc) is 3.15. The Morgan fingerprint density at radius 1 is 1.33 bits per heavy atom. The van der Waals surface area contributed by atoms with Crippen LogP contribution in [0.2, 0.25) is 0 Å². The third-order valence-corrected chi connectivity index (χ3v) is 2.83. The van der Waals surface area contributed by atoms with Gasteiger partial charge in [0.05, 0.1) is 13.2 Å². The molecule has 2 heterocycles. The molecule has 0 saturated carbocycles. The van der Waals surface area contributed by atoms with Gasteiger partial charge in [-0.2, -0.15) is 0 Å². The average molecular weight is 250 g/mol. The highest BCUT2D eigenvalue weighted by molar-refractivity contribution is 5.92. The van der Waals surface area contributed by atoms with Gasteiger partial charge in [0, 0.05) is 6.42 Å². The Balaban J connectivity index is 1.66. The summed E-state index contributed by atoms with van der Waals surface area (Å²) in [5.41, 5.74) is 0.425. The van der Waals surface area contributed by atoms with Crippen LogP contribution in [0.3, 0.4) is 0 Å². The van der Waals surface area contributed by atoms with Crippen LogP contribution in [0.1, 0.15) is 16.8 Å². The zero-order chi connectivity index (χ0) is 12.4. The number of esters is 1. The first kappa shape index (κ1) is 11.5. The molecule has 1 aromatic rings. The van der Waals surface area contributed by atoms with Crippen LogP contribution in [0.15, 0.2) is 24.3 Å². The minimum atomic E-state index is -0.388. The highest BCUT2D eigenvalue weighted by atomic mass is 16.7. The number of carbonyl (C=O) groups excluding carboxylic acids is 1. The molecule has 0 N–H and O–H groups in total. The fraction of sp³-hybridized carbons (Fsp3) is 0.462. The normalized spacial score (nSPS) is 25.1. The van der Waals surface area contributed by atoms with E-state index in [1.807, 2.05) is 6.07 Å². The van der Waals surface area contributed by atoms with E-state index in [0.717, 1.165) is 6.42 Å². The predicted molar refractivity (Wildman–Crippen MR) is 61.4 cm³/mol. The second-order valence-electron chi connectivity index (χ2n) is 4.26. The van der Waals surface area contributed by atoms with Crippen LogP contribution in [0.5, 0.6) is 5.75 Å². The van der Waals surface area contributed by atoms with Crippen molar-refractivity contribution in [2.45, 2.75) is 18.8 Å². The molecule has 0 amide bonds. The molecule has 2 aliphatic rings. The van der Waals surface area contributed by atoms with Crippen molar-refractivity contribution in [2.24, 2.45) is 0 Å². The SMILES string of the molecule is O=C(OCC1CO1)c1ccccc1OC1CCO1. The van der Waals surface area contributed by atoms with E-state index >= 15 is 0 Å². The number of ether oxygens (including phenoxy) is 4. The largest absolute Gasteiger partial charge is 0.464 e. The van der Waals surface area contributed by atoms with Gasteiger partial charge in [-0.25, -0.2) is 4.79 Å². The summed E-state index contributed by atoms with van der Waals surface area (Å²) >= 11 is 0. The maximum atomic E-state index is 11.9. The molecule has 0 spiro atoms. The number of carbonyl (C=O) groups is 1. The van der Waals surface area contributed by atoms with Gasteiger partial charge in [-0.15, -0.1) is 0 Å². The molecule has 5 nitrogen and oxygen atoms in total. The monoisotopic (exact) mass is 250 g/mol. The zero-order valence-corrected chi connectivity index (χ0v) is 9.83. The molecule has 18 heavy (non-hydrogen) atoms. The van der Waals surface area contributed by atoms with Crippen LogP contribution in [0.25, 0.3) is 0 Å². The Bertz CT molecular complexity index is 437. The van der Waals surface area contributed by atoms with Crippen LogP contribution in [-0.2, 0) is 14.2 Å². The first-order valence-electron chi connectivity index (χ1n) is 5.99. The fourth-order valence-electron chi connectivity index (χ4n) is 1.60. The lowest BCUT2D eigenvalue weighted by molar-refractivity contribution is -0.165. The molecule has 5 heteroatoms. The highest BCUT2D eigenvalue weighted by Crippen LogP contribution is 2.24. The summed E-state index contributed by atoms with van der Waals surface area (Å²) in [5.74, 6) is 0.115. The van der Waals surface area contributed by atoms with E-state index in [4.69, 9.17) is 18.9 Å². The Kier molecular flexibility index (Phi) is 3.17. The van der Waals surface area contributed by atoms with Crippen LogP contribution in [0, 0.1) is 0 Å². The number of para-hydroxylation sites is 1. The van der Waals surface area contributed by atoms with E-state index in [1.54, 1.807) is 18.2 Å². The van der Waals surface area contributed by atoms with Gasteiger partial charge in [0.2, 0.25) is 6.29 Å². The molecule has 0 radical (unpaired) electrons. The van der Waals surface area contributed by atoms with E-state index in [-0.39, 0.29) is 18.4 Å². The molecule has 3 rings (SSSR count). The molecular weight excluding hydrogens is 236 g/mol. The fourth-order valence-corrected chi connectivity index (χ4v) is 1.60. The third kappa shape index (κ3) is 2.63. The smallest absolute Gasteiger partial charge is 0.342 e. The van der Waals surface area contributed by atoms with Crippen molar-refractivity contribution < 1.29 is 23.7 Å². The number of benzene rings is 1. The Morgan fingerprint density at radius 3 is 2.78 bits per heavy atom. The summed E-state index contributed by atoms with van der Waals surface area (Å²) in [5, 5.41) is 0. The minimum absolute atomic E-state index is 0.0667.